The van der Waals surface area contributed by atoms with Crippen molar-refractivity contribution in [3.05, 3.63) is 58.7 Å². The van der Waals surface area contributed by atoms with E-state index >= 15 is 0 Å². The summed E-state index contributed by atoms with van der Waals surface area (Å²) < 4.78 is 2.14. The van der Waals surface area contributed by atoms with Crippen LogP contribution in [-0.2, 0) is 6.54 Å². The summed E-state index contributed by atoms with van der Waals surface area (Å²) >= 11 is 11.4. The number of aromatic nitrogens is 2. The standard InChI is InChI=1S/C18H19ClN4S/c19-23-17-7-6-15(12-16(17)18(24)20-23)22-10-8-21(9-11-22)13-14-4-2-1-3-5-14/h1-7,12H,8-11,13H2,(H,20,24). The summed E-state index contributed by atoms with van der Waals surface area (Å²) in [5, 5.41) is 3.95. The lowest BCUT2D eigenvalue weighted by molar-refractivity contribution is 0.250. The Labute approximate surface area is 151 Å². The molecule has 3 aromatic rings. The van der Waals surface area contributed by atoms with E-state index in [9.17, 15) is 0 Å². The smallest absolute Gasteiger partial charge is 0.128 e. The second kappa shape index (κ2) is 6.59. The third-order valence-corrected chi connectivity index (χ3v) is 5.20. The first-order valence-corrected chi connectivity index (χ1v) is 8.87. The number of aromatic amines is 1. The molecule has 6 heteroatoms. The van der Waals surface area contributed by atoms with Crippen molar-refractivity contribution in [2.75, 3.05) is 31.1 Å². The number of nitrogens with one attached hydrogen (secondary N) is 1. The summed E-state index contributed by atoms with van der Waals surface area (Å²) in [6, 6.07) is 16.9. The highest BCUT2D eigenvalue weighted by molar-refractivity contribution is 7.71. The summed E-state index contributed by atoms with van der Waals surface area (Å²) in [5.41, 5.74) is 3.51. The lowest BCUT2D eigenvalue weighted by atomic mass is 10.1. The number of halogens is 1. The van der Waals surface area contributed by atoms with Gasteiger partial charge in [-0.2, -0.15) is 4.20 Å². The molecule has 0 unspecified atom stereocenters. The predicted molar refractivity (Wildman–Crippen MR) is 102 cm³/mol. The van der Waals surface area contributed by atoms with Crippen LogP contribution in [0, 0.1) is 4.64 Å². The third kappa shape index (κ3) is 3.07. The van der Waals surface area contributed by atoms with Crippen LogP contribution in [0.5, 0.6) is 0 Å². The zero-order chi connectivity index (χ0) is 16.5. The molecule has 1 aliphatic heterocycles. The Morgan fingerprint density at radius 2 is 1.75 bits per heavy atom. The number of benzene rings is 2. The second-order valence-corrected chi connectivity index (χ2v) is 6.92. The fourth-order valence-corrected chi connectivity index (χ4v) is 3.83. The average molecular weight is 359 g/mol. The van der Waals surface area contributed by atoms with Gasteiger partial charge < -0.3 is 4.90 Å². The maximum atomic E-state index is 6.09. The van der Waals surface area contributed by atoms with Crippen LogP contribution in [0.25, 0.3) is 10.9 Å². The van der Waals surface area contributed by atoms with Crippen molar-refractivity contribution >= 4 is 40.6 Å². The molecular weight excluding hydrogens is 340 g/mol. The fraction of sp³-hybridized carbons (Fsp3) is 0.278. The Morgan fingerprint density at radius 1 is 1.00 bits per heavy atom. The largest absolute Gasteiger partial charge is 0.369 e. The Morgan fingerprint density at radius 3 is 2.50 bits per heavy atom. The Hall–Kier alpha value is -1.82. The van der Waals surface area contributed by atoms with Crippen LogP contribution in [-0.4, -0.2) is 40.4 Å². The van der Waals surface area contributed by atoms with Crippen molar-refractivity contribution in [1.29, 1.82) is 0 Å². The van der Waals surface area contributed by atoms with Gasteiger partial charge in [0.2, 0.25) is 0 Å². The molecule has 124 valence electrons. The highest BCUT2D eigenvalue weighted by Gasteiger charge is 2.18. The van der Waals surface area contributed by atoms with E-state index in [-0.39, 0.29) is 0 Å². The highest BCUT2D eigenvalue weighted by Crippen LogP contribution is 2.25. The van der Waals surface area contributed by atoms with Gasteiger partial charge in [-0.3, -0.25) is 10.00 Å². The number of hydrogen-bond acceptors (Lipinski definition) is 3. The molecule has 4 rings (SSSR count). The first-order chi connectivity index (χ1) is 11.7. The van der Waals surface area contributed by atoms with Gasteiger partial charge in [0, 0.05) is 55.6 Å². The minimum absolute atomic E-state index is 0.685. The van der Waals surface area contributed by atoms with Gasteiger partial charge in [0.15, 0.2) is 0 Å². The van der Waals surface area contributed by atoms with Crippen LogP contribution in [0.2, 0.25) is 0 Å². The van der Waals surface area contributed by atoms with Crippen LogP contribution in [0.15, 0.2) is 48.5 Å². The van der Waals surface area contributed by atoms with Crippen molar-refractivity contribution in [3.8, 4) is 0 Å². The van der Waals surface area contributed by atoms with Gasteiger partial charge >= 0.3 is 0 Å². The van der Waals surface area contributed by atoms with E-state index < -0.39 is 0 Å². The van der Waals surface area contributed by atoms with Crippen LogP contribution >= 0.6 is 24.0 Å². The molecule has 0 spiro atoms. The van der Waals surface area contributed by atoms with E-state index in [1.165, 1.54) is 15.5 Å². The van der Waals surface area contributed by atoms with Gasteiger partial charge in [-0.05, 0) is 23.8 Å². The van der Waals surface area contributed by atoms with Crippen LogP contribution in [0.4, 0.5) is 5.69 Å². The molecule has 0 bridgehead atoms. The number of piperazine rings is 1. The molecule has 1 aromatic heterocycles. The van der Waals surface area contributed by atoms with Gasteiger partial charge in [-0.15, -0.1) is 0 Å². The molecule has 1 saturated heterocycles. The molecule has 1 N–H and O–H groups in total. The van der Waals surface area contributed by atoms with E-state index in [0.717, 1.165) is 43.6 Å². The Kier molecular flexibility index (Phi) is 4.31. The van der Waals surface area contributed by atoms with Crippen molar-refractivity contribution < 1.29 is 0 Å². The monoisotopic (exact) mass is 358 g/mol. The lowest BCUT2D eigenvalue weighted by Gasteiger charge is -2.36. The van der Waals surface area contributed by atoms with Gasteiger partial charge in [0.05, 0.1) is 5.52 Å². The number of hydrogen-bond donors (Lipinski definition) is 1. The SMILES string of the molecule is S=c1[nH]n(Cl)c2ccc(N3CCN(Cc4ccccc4)CC3)cc12. The summed E-state index contributed by atoms with van der Waals surface area (Å²) in [7, 11) is 0. The molecular formula is C18H19ClN4S. The average Bonchev–Trinajstić information content (AvgIpc) is 2.90. The van der Waals surface area contributed by atoms with E-state index in [1.54, 1.807) is 0 Å². The lowest BCUT2D eigenvalue weighted by Crippen LogP contribution is -2.45. The van der Waals surface area contributed by atoms with Gasteiger partial charge in [-0.1, -0.05) is 42.5 Å². The molecule has 0 aliphatic carbocycles. The number of fused-ring (bicyclic) bond motifs is 1. The molecule has 1 aliphatic rings. The van der Waals surface area contributed by atoms with Crippen molar-refractivity contribution in [2.24, 2.45) is 0 Å². The van der Waals surface area contributed by atoms with E-state index in [0.29, 0.717) is 4.64 Å². The van der Waals surface area contributed by atoms with E-state index in [2.05, 4.69) is 57.4 Å². The summed E-state index contributed by atoms with van der Waals surface area (Å²) in [5.74, 6) is 0. The Bertz CT molecular complexity index is 894. The zero-order valence-electron chi connectivity index (χ0n) is 13.3. The maximum Gasteiger partial charge on any atom is 0.128 e. The van der Waals surface area contributed by atoms with Gasteiger partial charge in [0.25, 0.3) is 0 Å². The first kappa shape index (κ1) is 15.7. The molecule has 0 saturated carbocycles. The number of H-pyrrole nitrogens is 1. The molecule has 4 nitrogen and oxygen atoms in total. The molecule has 2 heterocycles. The van der Waals surface area contributed by atoms with Crippen LogP contribution < -0.4 is 4.90 Å². The molecule has 1 fully saturated rings. The molecule has 0 atom stereocenters. The minimum Gasteiger partial charge on any atom is -0.369 e. The number of nitrogens with zero attached hydrogens (tertiary/aromatic N) is 3. The fourth-order valence-electron chi connectivity index (χ4n) is 3.29. The predicted octanol–water partition coefficient (Wildman–Crippen LogP) is 4.02. The van der Waals surface area contributed by atoms with Crippen LogP contribution in [0.1, 0.15) is 5.56 Å². The number of rotatable bonds is 3. The molecule has 0 amide bonds. The summed E-state index contributed by atoms with van der Waals surface area (Å²) in [6.07, 6.45) is 0. The normalized spacial score (nSPS) is 16.0. The van der Waals surface area contributed by atoms with E-state index in [1.807, 2.05) is 6.07 Å². The van der Waals surface area contributed by atoms with Crippen molar-refractivity contribution in [1.82, 2.24) is 14.2 Å². The Balaban J connectivity index is 1.46. The van der Waals surface area contributed by atoms with Crippen molar-refractivity contribution in [2.45, 2.75) is 6.54 Å². The quantitative estimate of drug-likeness (QED) is 0.716. The highest BCUT2D eigenvalue weighted by atomic mass is 35.5. The van der Waals surface area contributed by atoms with E-state index in [4.69, 9.17) is 24.0 Å². The van der Waals surface area contributed by atoms with Gasteiger partial charge in [0.1, 0.15) is 4.64 Å². The van der Waals surface area contributed by atoms with Gasteiger partial charge in [-0.25, -0.2) is 0 Å². The maximum absolute atomic E-state index is 6.09. The molecule has 24 heavy (non-hydrogen) atoms. The summed E-state index contributed by atoms with van der Waals surface area (Å²) in [6.45, 7) is 5.20. The van der Waals surface area contributed by atoms with Crippen LogP contribution in [0.3, 0.4) is 0 Å². The topological polar surface area (TPSA) is 27.2 Å². The minimum atomic E-state index is 0.685. The van der Waals surface area contributed by atoms with Crippen molar-refractivity contribution in [3.63, 3.8) is 0 Å². The number of anilines is 1. The third-order valence-electron chi connectivity index (χ3n) is 4.62. The molecule has 2 aromatic carbocycles. The first-order valence-electron chi connectivity index (χ1n) is 8.13. The second-order valence-electron chi connectivity index (χ2n) is 6.17. The zero-order valence-corrected chi connectivity index (χ0v) is 14.9. The summed E-state index contributed by atoms with van der Waals surface area (Å²) in [4.78, 5) is 4.92. The molecule has 0 radical (unpaired) electrons.